The first-order valence-electron chi connectivity index (χ1n) is 7.95. The molecule has 1 aromatic heterocycles. The zero-order chi connectivity index (χ0) is 16.0. The van der Waals surface area contributed by atoms with Gasteiger partial charge in [-0.05, 0) is 32.1 Å². The van der Waals surface area contributed by atoms with Gasteiger partial charge in [0.1, 0.15) is 11.9 Å². The molecule has 0 unspecified atom stereocenters. The molecule has 1 aliphatic heterocycles. The molecule has 118 valence electrons. The molecule has 2 fully saturated rings. The van der Waals surface area contributed by atoms with Gasteiger partial charge in [0.25, 0.3) is 5.56 Å². The monoisotopic (exact) mass is 302 g/mol. The summed E-state index contributed by atoms with van der Waals surface area (Å²) in [6.07, 6.45) is 5.77. The van der Waals surface area contributed by atoms with E-state index < -0.39 is 5.56 Å². The molecule has 6 nitrogen and oxygen atoms in total. The van der Waals surface area contributed by atoms with Crippen molar-refractivity contribution in [3.05, 3.63) is 26.4 Å². The fourth-order valence-electron chi connectivity index (χ4n) is 4.31. The Morgan fingerprint density at radius 2 is 1.82 bits per heavy atom. The van der Waals surface area contributed by atoms with Gasteiger partial charge in [-0.3, -0.25) is 13.9 Å². The van der Waals surface area contributed by atoms with Gasteiger partial charge in [0, 0.05) is 26.2 Å². The predicted octanol–water partition coefficient (Wildman–Crippen LogP) is 1.11. The zero-order valence-corrected chi connectivity index (χ0v) is 13.4. The summed E-state index contributed by atoms with van der Waals surface area (Å²) in [5, 5.41) is 9.48. The molecule has 2 aliphatic rings. The highest BCUT2D eigenvalue weighted by atomic mass is 16.2. The molecule has 3 rings (SSSR count). The molecule has 0 amide bonds. The first kappa shape index (κ1) is 14.9. The van der Waals surface area contributed by atoms with Gasteiger partial charge in [-0.25, -0.2) is 4.79 Å². The number of nitrogens with zero attached hydrogens (tertiary/aromatic N) is 4. The van der Waals surface area contributed by atoms with Crippen LogP contribution in [0.15, 0.2) is 9.59 Å². The molecule has 1 aromatic rings. The van der Waals surface area contributed by atoms with Gasteiger partial charge in [0.15, 0.2) is 5.56 Å². The van der Waals surface area contributed by atoms with Gasteiger partial charge in [-0.15, -0.1) is 0 Å². The van der Waals surface area contributed by atoms with Crippen LogP contribution in [-0.4, -0.2) is 21.2 Å². The first-order valence-corrected chi connectivity index (χ1v) is 7.95. The lowest BCUT2D eigenvalue weighted by Crippen LogP contribution is -2.46. The maximum Gasteiger partial charge on any atom is 0.332 e. The van der Waals surface area contributed by atoms with Crippen LogP contribution in [0.5, 0.6) is 0 Å². The summed E-state index contributed by atoms with van der Waals surface area (Å²) < 4.78 is 2.48. The minimum atomic E-state index is -0.493. The van der Waals surface area contributed by atoms with Crippen LogP contribution in [-0.2, 0) is 14.1 Å². The Morgan fingerprint density at radius 1 is 1.14 bits per heavy atom. The van der Waals surface area contributed by atoms with Crippen molar-refractivity contribution in [3.8, 4) is 6.07 Å². The average molecular weight is 302 g/mol. The molecule has 0 spiro atoms. The molecular weight excluding hydrogens is 280 g/mol. The molecule has 1 aliphatic carbocycles. The van der Waals surface area contributed by atoms with E-state index in [0.717, 1.165) is 17.4 Å². The summed E-state index contributed by atoms with van der Waals surface area (Å²) >= 11 is 0. The highest BCUT2D eigenvalue weighted by molar-refractivity contribution is 5.56. The Balaban J connectivity index is 2.22. The van der Waals surface area contributed by atoms with Gasteiger partial charge < -0.3 is 4.90 Å². The third-order valence-corrected chi connectivity index (χ3v) is 5.34. The number of rotatable bonds is 1. The number of hydrogen-bond acceptors (Lipinski definition) is 4. The maximum absolute atomic E-state index is 12.3. The zero-order valence-electron chi connectivity index (χ0n) is 13.4. The third-order valence-electron chi connectivity index (χ3n) is 5.34. The van der Waals surface area contributed by atoms with Crippen molar-refractivity contribution in [1.29, 1.82) is 5.26 Å². The molecule has 22 heavy (non-hydrogen) atoms. The number of nitriles is 1. The lowest BCUT2D eigenvalue weighted by molar-refractivity contribution is 0.340. The lowest BCUT2D eigenvalue weighted by atomic mass is 9.85. The summed E-state index contributed by atoms with van der Waals surface area (Å²) in [5.74, 6) is 1.12. The minimum Gasteiger partial charge on any atom is -0.351 e. The second-order valence-electron chi connectivity index (χ2n) is 6.62. The summed E-state index contributed by atoms with van der Waals surface area (Å²) in [4.78, 5) is 26.8. The molecule has 0 bridgehead atoms. The van der Waals surface area contributed by atoms with Crippen LogP contribution < -0.4 is 16.1 Å². The fourth-order valence-corrected chi connectivity index (χ4v) is 4.31. The highest BCUT2D eigenvalue weighted by Gasteiger charge is 2.42. The maximum atomic E-state index is 12.3. The smallest absolute Gasteiger partial charge is 0.332 e. The SMILES string of the molecule is C[C@@H]1C[C@@H]2CCCC[C@H]2N1c1c(C#N)c(=O)n(C)c(=O)n1C. The van der Waals surface area contributed by atoms with Crippen molar-refractivity contribution in [3.63, 3.8) is 0 Å². The van der Waals surface area contributed by atoms with Crippen LogP contribution >= 0.6 is 0 Å². The summed E-state index contributed by atoms with van der Waals surface area (Å²) in [6.45, 7) is 2.13. The number of fused-ring (bicyclic) bond motifs is 1. The molecule has 1 saturated heterocycles. The van der Waals surface area contributed by atoms with E-state index in [2.05, 4.69) is 11.8 Å². The Morgan fingerprint density at radius 3 is 2.50 bits per heavy atom. The van der Waals surface area contributed by atoms with Crippen molar-refractivity contribution in [2.24, 2.45) is 20.0 Å². The predicted molar refractivity (Wildman–Crippen MR) is 83.9 cm³/mol. The molecule has 0 aromatic carbocycles. The first-order chi connectivity index (χ1) is 10.5. The van der Waals surface area contributed by atoms with Gasteiger partial charge in [-0.1, -0.05) is 12.8 Å². The number of aromatic nitrogens is 2. The van der Waals surface area contributed by atoms with E-state index in [1.54, 1.807) is 7.05 Å². The molecule has 6 heteroatoms. The van der Waals surface area contributed by atoms with E-state index in [0.29, 0.717) is 17.8 Å². The van der Waals surface area contributed by atoms with Crippen LogP contribution in [0.4, 0.5) is 5.82 Å². The topological polar surface area (TPSA) is 71.0 Å². The van der Waals surface area contributed by atoms with E-state index in [1.807, 2.05) is 6.07 Å². The molecule has 1 saturated carbocycles. The summed E-state index contributed by atoms with van der Waals surface area (Å²) in [6, 6.07) is 2.62. The minimum absolute atomic E-state index is 0.0858. The lowest BCUT2D eigenvalue weighted by Gasteiger charge is -2.36. The van der Waals surface area contributed by atoms with E-state index in [-0.39, 0.29) is 17.3 Å². The Labute approximate surface area is 129 Å². The van der Waals surface area contributed by atoms with E-state index in [9.17, 15) is 14.9 Å². The van der Waals surface area contributed by atoms with Crippen LogP contribution in [0, 0.1) is 17.2 Å². The van der Waals surface area contributed by atoms with Crippen LogP contribution in [0.25, 0.3) is 0 Å². The molecule has 0 radical (unpaired) electrons. The number of anilines is 1. The van der Waals surface area contributed by atoms with Crippen LogP contribution in [0.2, 0.25) is 0 Å². The van der Waals surface area contributed by atoms with E-state index >= 15 is 0 Å². The average Bonchev–Trinajstić information content (AvgIpc) is 2.84. The molecular formula is C16H22N4O2. The van der Waals surface area contributed by atoms with E-state index in [4.69, 9.17) is 0 Å². The van der Waals surface area contributed by atoms with E-state index in [1.165, 1.54) is 30.9 Å². The molecule has 3 atom stereocenters. The Bertz CT molecular complexity index is 755. The Kier molecular flexibility index (Phi) is 3.59. The third kappa shape index (κ3) is 1.99. The van der Waals surface area contributed by atoms with Gasteiger partial charge in [-0.2, -0.15) is 5.26 Å². The molecule has 2 heterocycles. The van der Waals surface area contributed by atoms with Crippen molar-refractivity contribution in [2.45, 2.75) is 51.1 Å². The van der Waals surface area contributed by atoms with Crippen molar-refractivity contribution in [2.75, 3.05) is 4.90 Å². The Hall–Kier alpha value is -2.03. The van der Waals surface area contributed by atoms with Crippen LogP contribution in [0.1, 0.15) is 44.6 Å². The van der Waals surface area contributed by atoms with Gasteiger partial charge in [0.05, 0.1) is 0 Å². The van der Waals surface area contributed by atoms with Gasteiger partial charge in [0.2, 0.25) is 0 Å². The summed E-state index contributed by atoms with van der Waals surface area (Å²) in [5.41, 5.74) is -0.778. The standard InChI is InChI=1S/C16H22N4O2/c1-10-8-11-6-4-5-7-13(11)20(10)14-12(9-17)15(21)19(3)16(22)18(14)2/h10-11,13H,4-8H2,1-3H3/t10-,11+,13-/m1/s1. The molecule has 0 N–H and O–H groups in total. The van der Waals surface area contributed by atoms with Crippen molar-refractivity contribution in [1.82, 2.24) is 9.13 Å². The van der Waals surface area contributed by atoms with Gasteiger partial charge >= 0.3 is 5.69 Å². The van der Waals surface area contributed by atoms with Crippen molar-refractivity contribution < 1.29 is 0 Å². The summed E-state index contributed by atoms with van der Waals surface area (Å²) in [7, 11) is 3.08. The second-order valence-corrected chi connectivity index (χ2v) is 6.62. The fraction of sp³-hybridized carbons (Fsp3) is 0.688. The second kappa shape index (κ2) is 5.31. The van der Waals surface area contributed by atoms with Crippen LogP contribution in [0.3, 0.4) is 0 Å². The quantitative estimate of drug-likeness (QED) is 0.779. The normalized spacial score (nSPS) is 27.5. The largest absolute Gasteiger partial charge is 0.351 e. The van der Waals surface area contributed by atoms with Crippen molar-refractivity contribution >= 4 is 5.82 Å². The highest BCUT2D eigenvalue weighted by Crippen LogP contribution is 2.42. The number of hydrogen-bond donors (Lipinski definition) is 0.